The summed E-state index contributed by atoms with van der Waals surface area (Å²) in [5.74, 6) is 2.74. The van der Waals surface area contributed by atoms with Crippen LogP contribution in [0.2, 0.25) is 0 Å². The molecule has 0 radical (unpaired) electrons. The van der Waals surface area contributed by atoms with Crippen LogP contribution in [0.5, 0.6) is 0 Å². The Labute approximate surface area is 77.1 Å². The number of rotatable bonds is 2. The second-order valence-electron chi connectivity index (χ2n) is 5.06. The van der Waals surface area contributed by atoms with Gasteiger partial charge >= 0.3 is 0 Å². The fourth-order valence-electron chi connectivity index (χ4n) is 2.60. The number of nitrogens with zero attached hydrogens (tertiary/aromatic N) is 1. The second kappa shape index (κ2) is 4.27. The number of hydrogen-bond donors (Lipinski definition) is 0. The summed E-state index contributed by atoms with van der Waals surface area (Å²) in [4.78, 5) is 2.49. The fraction of sp³-hybridized carbons (Fsp3) is 1.00. The molecule has 1 aliphatic heterocycles. The molecule has 1 saturated heterocycles. The van der Waals surface area contributed by atoms with Gasteiger partial charge in [0.15, 0.2) is 0 Å². The summed E-state index contributed by atoms with van der Waals surface area (Å²) < 4.78 is 0. The highest BCUT2D eigenvalue weighted by molar-refractivity contribution is 4.75. The lowest BCUT2D eigenvalue weighted by molar-refractivity contribution is 0.146. The van der Waals surface area contributed by atoms with Crippen molar-refractivity contribution in [2.75, 3.05) is 20.1 Å². The summed E-state index contributed by atoms with van der Waals surface area (Å²) in [6.07, 6.45) is 2.86. The van der Waals surface area contributed by atoms with Crippen LogP contribution in [0.25, 0.3) is 0 Å². The van der Waals surface area contributed by atoms with Crippen molar-refractivity contribution in [2.24, 2.45) is 17.8 Å². The van der Waals surface area contributed by atoms with Crippen LogP contribution in [0.4, 0.5) is 0 Å². The van der Waals surface area contributed by atoms with E-state index in [9.17, 15) is 0 Å². The molecule has 0 spiro atoms. The molecule has 12 heavy (non-hydrogen) atoms. The molecule has 1 heteroatoms. The van der Waals surface area contributed by atoms with Crippen LogP contribution < -0.4 is 0 Å². The van der Waals surface area contributed by atoms with Crippen LogP contribution in [0.15, 0.2) is 0 Å². The van der Waals surface area contributed by atoms with Crippen LogP contribution in [-0.2, 0) is 0 Å². The Balaban J connectivity index is 2.34. The Morgan fingerprint density at radius 3 is 2.50 bits per heavy atom. The van der Waals surface area contributed by atoms with Crippen molar-refractivity contribution in [1.29, 1.82) is 0 Å². The van der Waals surface area contributed by atoms with Gasteiger partial charge in [0, 0.05) is 13.1 Å². The Morgan fingerprint density at radius 1 is 1.33 bits per heavy atom. The van der Waals surface area contributed by atoms with E-state index in [-0.39, 0.29) is 0 Å². The van der Waals surface area contributed by atoms with E-state index in [1.165, 1.54) is 25.9 Å². The molecule has 0 aliphatic carbocycles. The van der Waals surface area contributed by atoms with Crippen LogP contribution in [-0.4, -0.2) is 25.0 Å². The van der Waals surface area contributed by atoms with Gasteiger partial charge in [-0.05, 0) is 37.6 Å². The first kappa shape index (κ1) is 10.0. The number of piperidine rings is 1. The third-order valence-corrected chi connectivity index (χ3v) is 2.73. The monoisotopic (exact) mass is 169 g/mol. The Morgan fingerprint density at radius 2 is 2.00 bits per heavy atom. The van der Waals surface area contributed by atoms with Gasteiger partial charge in [0.05, 0.1) is 0 Å². The zero-order valence-electron chi connectivity index (χ0n) is 9.01. The van der Waals surface area contributed by atoms with Gasteiger partial charge in [-0.15, -0.1) is 0 Å². The van der Waals surface area contributed by atoms with Gasteiger partial charge in [0.2, 0.25) is 0 Å². The molecule has 2 atom stereocenters. The summed E-state index contributed by atoms with van der Waals surface area (Å²) >= 11 is 0. The topological polar surface area (TPSA) is 3.24 Å². The minimum absolute atomic E-state index is 0.869. The summed E-state index contributed by atoms with van der Waals surface area (Å²) in [6, 6.07) is 0. The van der Waals surface area contributed by atoms with Crippen molar-refractivity contribution in [3.05, 3.63) is 0 Å². The third kappa shape index (κ3) is 3.14. The molecule has 1 heterocycles. The predicted octanol–water partition coefficient (Wildman–Crippen LogP) is 2.62. The molecule has 1 rings (SSSR count). The Bertz CT molecular complexity index is 118. The molecule has 0 saturated carbocycles. The van der Waals surface area contributed by atoms with Gasteiger partial charge in [0.1, 0.15) is 0 Å². The molecule has 0 aromatic heterocycles. The van der Waals surface area contributed by atoms with Crippen molar-refractivity contribution in [1.82, 2.24) is 4.90 Å². The molecule has 0 unspecified atom stereocenters. The van der Waals surface area contributed by atoms with E-state index in [1.54, 1.807) is 0 Å². The molecule has 0 aromatic rings. The average molecular weight is 169 g/mol. The maximum atomic E-state index is 2.49. The summed E-state index contributed by atoms with van der Waals surface area (Å²) in [7, 11) is 2.25. The van der Waals surface area contributed by atoms with Gasteiger partial charge in [-0.1, -0.05) is 20.8 Å². The van der Waals surface area contributed by atoms with Crippen molar-refractivity contribution < 1.29 is 0 Å². The number of hydrogen-bond acceptors (Lipinski definition) is 1. The highest BCUT2D eigenvalue weighted by atomic mass is 15.1. The molecule has 1 nitrogen and oxygen atoms in total. The van der Waals surface area contributed by atoms with E-state index in [0.717, 1.165) is 17.8 Å². The van der Waals surface area contributed by atoms with Crippen molar-refractivity contribution in [3.63, 3.8) is 0 Å². The smallest absolute Gasteiger partial charge is 0.000693 e. The molecule has 1 aliphatic rings. The minimum Gasteiger partial charge on any atom is -0.306 e. The lowest BCUT2D eigenvalue weighted by atomic mass is 9.85. The lowest BCUT2D eigenvalue weighted by Crippen LogP contribution is -2.37. The minimum atomic E-state index is 0.869. The third-order valence-electron chi connectivity index (χ3n) is 2.73. The average Bonchev–Trinajstić information content (AvgIpc) is 1.81. The molecular formula is C11H23N. The van der Waals surface area contributed by atoms with E-state index in [4.69, 9.17) is 0 Å². The summed E-state index contributed by atoms with van der Waals surface area (Å²) in [5.41, 5.74) is 0. The normalized spacial score (nSPS) is 32.8. The highest BCUT2D eigenvalue weighted by Crippen LogP contribution is 2.25. The predicted molar refractivity (Wildman–Crippen MR) is 54.2 cm³/mol. The van der Waals surface area contributed by atoms with Crippen LogP contribution in [0.1, 0.15) is 33.6 Å². The molecule has 0 N–H and O–H groups in total. The van der Waals surface area contributed by atoms with Crippen molar-refractivity contribution in [2.45, 2.75) is 33.6 Å². The van der Waals surface area contributed by atoms with Crippen LogP contribution in [0, 0.1) is 17.8 Å². The molecule has 1 fully saturated rings. The first-order valence-electron chi connectivity index (χ1n) is 5.26. The summed E-state index contributed by atoms with van der Waals surface area (Å²) in [5, 5.41) is 0. The molecule has 0 amide bonds. The Hall–Kier alpha value is -0.0400. The summed E-state index contributed by atoms with van der Waals surface area (Å²) in [6.45, 7) is 9.67. The fourth-order valence-corrected chi connectivity index (χ4v) is 2.60. The van der Waals surface area contributed by atoms with Crippen molar-refractivity contribution >= 4 is 0 Å². The van der Waals surface area contributed by atoms with Gasteiger partial charge in [-0.2, -0.15) is 0 Å². The Kier molecular flexibility index (Phi) is 3.57. The molecule has 0 bridgehead atoms. The SMILES string of the molecule is CC(C)C[C@@H]1C[C@@H](C)CN(C)C1. The number of likely N-dealkylation sites (tertiary alicyclic amines) is 1. The van der Waals surface area contributed by atoms with E-state index in [2.05, 4.69) is 32.7 Å². The van der Waals surface area contributed by atoms with Gasteiger partial charge in [0.25, 0.3) is 0 Å². The lowest BCUT2D eigenvalue weighted by Gasteiger charge is -2.34. The zero-order valence-corrected chi connectivity index (χ0v) is 9.01. The van der Waals surface area contributed by atoms with E-state index in [0.29, 0.717) is 0 Å². The zero-order chi connectivity index (χ0) is 9.14. The first-order valence-corrected chi connectivity index (χ1v) is 5.26. The first-order chi connectivity index (χ1) is 5.58. The largest absolute Gasteiger partial charge is 0.306 e. The van der Waals surface area contributed by atoms with Gasteiger partial charge < -0.3 is 4.90 Å². The second-order valence-corrected chi connectivity index (χ2v) is 5.06. The van der Waals surface area contributed by atoms with E-state index < -0.39 is 0 Å². The quantitative estimate of drug-likeness (QED) is 0.614. The van der Waals surface area contributed by atoms with Gasteiger partial charge in [-0.3, -0.25) is 0 Å². The molecule has 0 aromatic carbocycles. The standard InChI is InChI=1S/C11H23N/c1-9(2)5-11-6-10(3)7-12(4)8-11/h9-11H,5-8H2,1-4H3/t10-,11-/m1/s1. The van der Waals surface area contributed by atoms with Crippen LogP contribution >= 0.6 is 0 Å². The molecule has 72 valence electrons. The maximum absolute atomic E-state index is 2.49. The van der Waals surface area contributed by atoms with E-state index >= 15 is 0 Å². The highest BCUT2D eigenvalue weighted by Gasteiger charge is 2.22. The maximum Gasteiger partial charge on any atom is 0.000693 e. The van der Waals surface area contributed by atoms with Crippen molar-refractivity contribution in [3.8, 4) is 0 Å². The molecular weight excluding hydrogens is 146 g/mol. The van der Waals surface area contributed by atoms with Crippen LogP contribution in [0.3, 0.4) is 0 Å². The van der Waals surface area contributed by atoms with E-state index in [1.807, 2.05) is 0 Å². The van der Waals surface area contributed by atoms with Gasteiger partial charge in [-0.25, -0.2) is 0 Å².